The summed E-state index contributed by atoms with van der Waals surface area (Å²) in [5, 5.41) is 13.2. The number of nitriles is 1. The zero-order valence-electron chi connectivity index (χ0n) is 18.8. The smallest absolute Gasteiger partial charge is 0.254 e. The lowest BCUT2D eigenvalue weighted by Gasteiger charge is -2.36. The van der Waals surface area contributed by atoms with Crippen molar-refractivity contribution in [2.45, 2.75) is 37.8 Å². The van der Waals surface area contributed by atoms with E-state index in [2.05, 4.69) is 45.7 Å². The zero-order chi connectivity index (χ0) is 23.5. The van der Waals surface area contributed by atoms with Crippen LogP contribution in [0.3, 0.4) is 0 Å². The van der Waals surface area contributed by atoms with Gasteiger partial charge in [0.1, 0.15) is 0 Å². The first kappa shape index (κ1) is 22.2. The Balaban J connectivity index is 1.27. The largest absolute Gasteiger partial charge is 0.339 e. The van der Waals surface area contributed by atoms with Crippen LogP contribution in [0, 0.1) is 23.2 Å². The van der Waals surface area contributed by atoms with E-state index in [0.717, 1.165) is 36.8 Å². The number of amides is 1. The minimum Gasteiger partial charge on any atom is -0.339 e. The molecule has 1 fully saturated rings. The molecule has 7 heteroatoms. The second-order valence-electron chi connectivity index (χ2n) is 9.03. The molecule has 2 unspecified atom stereocenters. The molecule has 2 atom stereocenters. The lowest BCUT2D eigenvalue weighted by molar-refractivity contribution is 0.0700. The van der Waals surface area contributed by atoms with Gasteiger partial charge in [0, 0.05) is 55.4 Å². The van der Waals surface area contributed by atoms with Crippen LogP contribution in [0.5, 0.6) is 0 Å². The summed E-state index contributed by atoms with van der Waals surface area (Å²) < 4.78 is 13.4. The van der Waals surface area contributed by atoms with Crippen molar-refractivity contribution >= 4 is 12.0 Å². The Morgan fingerprint density at radius 3 is 2.88 bits per heavy atom. The molecule has 3 aliphatic rings. The molecule has 0 radical (unpaired) electrons. The summed E-state index contributed by atoms with van der Waals surface area (Å²) in [5.74, 6) is -0.873. The Morgan fingerprint density at radius 1 is 1.24 bits per heavy atom. The topological polar surface area (TPSA) is 81.9 Å². The van der Waals surface area contributed by atoms with Gasteiger partial charge < -0.3 is 10.2 Å². The van der Waals surface area contributed by atoms with Gasteiger partial charge in [-0.2, -0.15) is 9.65 Å². The van der Waals surface area contributed by atoms with Gasteiger partial charge in [-0.05, 0) is 60.1 Å². The predicted molar refractivity (Wildman–Crippen MR) is 127 cm³/mol. The highest BCUT2D eigenvalue weighted by Gasteiger charge is 2.29. The summed E-state index contributed by atoms with van der Waals surface area (Å²) >= 11 is 0. The fourth-order valence-electron chi connectivity index (χ4n) is 5.00. The fraction of sp³-hybridized carbons (Fsp3) is 0.333. The molecule has 0 aromatic carbocycles. The van der Waals surface area contributed by atoms with E-state index in [0.29, 0.717) is 18.7 Å². The molecule has 2 aromatic heterocycles. The van der Waals surface area contributed by atoms with Crippen molar-refractivity contribution in [1.29, 1.82) is 5.26 Å². The number of hydrogen-bond donors (Lipinski definition) is 1. The number of fused-ring (bicyclic) bond motifs is 1. The minimum absolute atomic E-state index is 0.0816. The van der Waals surface area contributed by atoms with Crippen molar-refractivity contribution in [2.75, 3.05) is 13.1 Å². The van der Waals surface area contributed by atoms with E-state index >= 15 is 0 Å². The van der Waals surface area contributed by atoms with Crippen molar-refractivity contribution in [3.63, 3.8) is 0 Å². The molecule has 3 heterocycles. The highest BCUT2D eigenvalue weighted by Crippen LogP contribution is 2.37. The van der Waals surface area contributed by atoms with Gasteiger partial charge in [-0.25, -0.2) is 4.98 Å². The maximum Gasteiger partial charge on any atom is 0.254 e. The Bertz CT molecular complexity index is 1220. The first-order chi connectivity index (χ1) is 16.6. The van der Waals surface area contributed by atoms with Crippen LogP contribution >= 0.6 is 0 Å². The molecule has 2 aromatic rings. The third-order valence-corrected chi connectivity index (χ3v) is 6.81. The number of nitrogens with zero attached hydrogens (tertiary/aromatic N) is 4. The third kappa shape index (κ3) is 4.68. The van der Waals surface area contributed by atoms with Crippen molar-refractivity contribution in [3.8, 4) is 6.07 Å². The number of rotatable bonds is 4. The van der Waals surface area contributed by atoms with Gasteiger partial charge in [0.2, 0.25) is 5.95 Å². The van der Waals surface area contributed by atoms with Gasteiger partial charge in [-0.15, -0.1) is 0 Å². The van der Waals surface area contributed by atoms with Crippen LogP contribution in [0.25, 0.3) is 6.08 Å². The molecule has 1 aliphatic heterocycles. The molecule has 1 amide bonds. The van der Waals surface area contributed by atoms with E-state index in [1.54, 1.807) is 11.0 Å². The quantitative estimate of drug-likeness (QED) is 0.693. The van der Waals surface area contributed by atoms with Crippen LogP contribution in [-0.4, -0.2) is 39.9 Å². The van der Waals surface area contributed by atoms with Crippen LogP contribution < -0.4 is 5.32 Å². The molecule has 2 aliphatic carbocycles. The average molecular weight is 456 g/mol. The molecular weight excluding hydrogens is 429 g/mol. The molecule has 0 saturated carbocycles. The summed E-state index contributed by atoms with van der Waals surface area (Å²) in [6.45, 7) is 1.24. The van der Waals surface area contributed by atoms with E-state index in [4.69, 9.17) is 0 Å². The number of piperidine rings is 1. The molecular formula is C27H26FN5O. The van der Waals surface area contributed by atoms with Crippen LogP contribution in [0.2, 0.25) is 0 Å². The van der Waals surface area contributed by atoms with Crippen LogP contribution in [-0.2, 0) is 0 Å². The second kappa shape index (κ2) is 9.70. The Kier molecular flexibility index (Phi) is 6.33. The van der Waals surface area contributed by atoms with Gasteiger partial charge in [0.15, 0.2) is 0 Å². The number of halogens is 1. The third-order valence-electron chi connectivity index (χ3n) is 6.81. The normalized spacial score (nSPS) is 22.4. The lowest BCUT2D eigenvalue weighted by Crippen LogP contribution is -2.46. The SMILES string of the molecule is N#CC1C=C(C2=Cc3ccncc3C(NC3CCN(C(=O)c4ccnc(F)c4)CC3)C2)C=CC1. The molecule has 6 nitrogen and oxygen atoms in total. The van der Waals surface area contributed by atoms with E-state index in [1.165, 1.54) is 23.4 Å². The molecule has 5 rings (SSSR count). The van der Waals surface area contributed by atoms with Crippen molar-refractivity contribution < 1.29 is 9.18 Å². The zero-order valence-corrected chi connectivity index (χ0v) is 18.8. The maximum absolute atomic E-state index is 13.4. The fourth-order valence-corrected chi connectivity index (χ4v) is 5.00. The van der Waals surface area contributed by atoms with E-state index in [-0.39, 0.29) is 23.9 Å². The van der Waals surface area contributed by atoms with Gasteiger partial charge >= 0.3 is 0 Å². The number of nitrogens with one attached hydrogen (secondary N) is 1. The minimum atomic E-state index is -0.639. The van der Waals surface area contributed by atoms with Gasteiger partial charge in [-0.1, -0.05) is 24.3 Å². The van der Waals surface area contributed by atoms with Gasteiger partial charge in [0.25, 0.3) is 5.91 Å². The molecule has 0 bridgehead atoms. The monoisotopic (exact) mass is 455 g/mol. The van der Waals surface area contributed by atoms with E-state index in [9.17, 15) is 14.4 Å². The Morgan fingerprint density at radius 2 is 2.09 bits per heavy atom. The van der Waals surface area contributed by atoms with Crippen LogP contribution in [0.4, 0.5) is 4.39 Å². The Labute approximate surface area is 198 Å². The number of pyridine rings is 2. The van der Waals surface area contributed by atoms with Crippen molar-refractivity contribution in [3.05, 3.63) is 88.8 Å². The first-order valence-electron chi connectivity index (χ1n) is 11.7. The lowest BCUT2D eigenvalue weighted by atomic mass is 9.82. The summed E-state index contributed by atoms with van der Waals surface area (Å²) in [5.41, 5.74) is 5.01. The highest BCUT2D eigenvalue weighted by molar-refractivity contribution is 5.94. The van der Waals surface area contributed by atoms with E-state index < -0.39 is 5.95 Å². The molecule has 0 spiro atoms. The van der Waals surface area contributed by atoms with E-state index in [1.807, 2.05) is 18.5 Å². The Hall–Kier alpha value is -3.63. The van der Waals surface area contributed by atoms with Gasteiger partial charge in [0.05, 0.1) is 12.0 Å². The standard InChI is InChI=1S/C27H26FN5O/c28-26-15-21(5-9-31-26)27(34)33-10-6-23(7-11-33)32-25-14-22(13-20-4-8-30-17-24(20)25)19-3-1-2-18(12-19)16-29/h1,3-5,8-9,12-13,15,17-18,23,25,32H,2,6-7,10-11,14H2. The van der Waals surface area contributed by atoms with Crippen molar-refractivity contribution in [1.82, 2.24) is 20.2 Å². The maximum atomic E-state index is 13.4. The summed E-state index contributed by atoms with van der Waals surface area (Å²) in [6, 6.07) is 7.52. The number of hydrogen-bond acceptors (Lipinski definition) is 5. The average Bonchev–Trinajstić information content (AvgIpc) is 2.88. The number of carbonyl (C=O) groups is 1. The van der Waals surface area contributed by atoms with Crippen LogP contribution in [0.1, 0.15) is 53.2 Å². The number of likely N-dealkylation sites (tertiary alicyclic amines) is 1. The summed E-state index contributed by atoms with van der Waals surface area (Å²) in [4.78, 5) is 22.4. The number of allylic oxidation sites excluding steroid dienone is 4. The van der Waals surface area contributed by atoms with Crippen LogP contribution in [0.15, 0.2) is 66.2 Å². The second-order valence-corrected chi connectivity index (χ2v) is 9.03. The summed E-state index contributed by atoms with van der Waals surface area (Å²) in [7, 11) is 0. The number of aromatic nitrogens is 2. The van der Waals surface area contributed by atoms with Crippen molar-refractivity contribution in [2.24, 2.45) is 5.92 Å². The number of carbonyl (C=O) groups excluding carboxylic acids is 1. The van der Waals surface area contributed by atoms with Gasteiger partial charge in [-0.3, -0.25) is 9.78 Å². The molecule has 34 heavy (non-hydrogen) atoms. The summed E-state index contributed by atoms with van der Waals surface area (Å²) in [6.07, 6.45) is 16.8. The molecule has 1 N–H and O–H groups in total. The predicted octanol–water partition coefficient (Wildman–Crippen LogP) is 4.36. The highest BCUT2D eigenvalue weighted by atomic mass is 19.1. The molecule has 1 saturated heterocycles. The first-order valence-corrected chi connectivity index (χ1v) is 11.7. The molecule has 172 valence electrons.